The van der Waals surface area contributed by atoms with Crippen LogP contribution in [0.3, 0.4) is 0 Å². The van der Waals surface area contributed by atoms with Crippen LogP contribution in [-0.4, -0.2) is 47.9 Å². The van der Waals surface area contributed by atoms with Gasteiger partial charge in [-0.2, -0.15) is 0 Å². The third kappa shape index (κ3) is 4.64. The number of hydrogen-bond donors (Lipinski definition) is 2. The monoisotopic (exact) mass is 375 g/mol. The number of imide groups is 1. The summed E-state index contributed by atoms with van der Waals surface area (Å²) in [6, 6.07) is 8.11. The summed E-state index contributed by atoms with van der Waals surface area (Å²) in [5.74, 6) is -1.78. The molecule has 146 valence electrons. The van der Waals surface area contributed by atoms with E-state index in [0.29, 0.717) is 5.56 Å². The molecule has 1 fully saturated rings. The van der Waals surface area contributed by atoms with Gasteiger partial charge in [0.15, 0.2) is 6.61 Å². The molecular weight excluding hydrogens is 350 g/mol. The van der Waals surface area contributed by atoms with E-state index in [4.69, 9.17) is 4.74 Å². The molecule has 1 aromatic rings. The summed E-state index contributed by atoms with van der Waals surface area (Å²) in [7, 11) is 0. The summed E-state index contributed by atoms with van der Waals surface area (Å²) in [5.41, 5.74) is -0.630. The largest absolute Gasteiger partial charge is 0.454 e. The zero-order valence-corrected chi connectivity index (χ0v) is 15.8. The molecule has 4 amide bonds. The molecule has 0 spiro atoms. The van der Waals surface area contributed by atoms with Crippen LogP contribution in [0.25, 0.3) is 0 Å². The van der Waals surface area contributed by atoms with Gasteiger partial charge in [-0.25, -0.2) is 4.79 Å². The molecule has 1 saturated heterocycles. The topological polar surface area (TPSA) is 105 Å². The first-order valence-electron chi connectivity index (χ1n) is 8.96. The van der Waals surface area contributed by atoms with Gasteiger partial charge in [-0.3, -0.25) is 19.3 Å². The molecule has 2 N–H and O–H groups in total. The quantitative estimate of drug-likeness (QED) is 0.526. The lowest BCUT2D eigenvalue weighted by atomic mass is 9.92. The predicted molar refractivity (Wildman–Crippen MR) is 97.5 cm³/mol. The van der Waals surface area contributed by atoms with E-state index in [-0.39, 0.29) is 6.04 Å². The Balaban J connectivity index is 1.93. The van der Waals surface area contributed by atoms with Gasteiger partial charge < -0.3 is 15.4 Å². The average Bonchev–Trinajstić information content (AvgIpc) is 2.89. The third-order valence-electron chi connectivity index (χ3n) is 4.63. The van der Waals surface area contributed by atoms with Crippen molar-refractivity contribution in [2.45, 2.75) is 45.2 Å². The summed E-state index contributed by atoms with van der Waals surface area (Å²) in [4.78, 5) is 49.4. The van der Waals surface area contributed by atoms with E-state index >= 15 is 0 Å². The van der Waals surface area contributed by atoms with E-state index < -0.39 is 42.5 Å². The Morgan fingerprint density at radius 1 is 1.19 bits per heavy atom. The molecule has 1 aliphatic rings. The van der Waals surface area contributed by atoms with Gasteiger partial charge >= 0.3 is 12.0 Å². The van der Waals surface area contributed by atoms with E-state index in [1.54, 1.807) is 37.3 Å². The number of benzene rings is 1. The van der Waals surface area contributed by atoms with Crippen LogP contribution in [0.1, 0.15) is 39.2 Å². The Morgan fingerprint density at radius 3 is 2.41 bits per heavy atom. The molecule has 0 radical (unpaired) electrons. The Morgan fingerprint density at radius 2 is 1.81 bits per heavy atom. The van der Waals surface area contributed by atoms with E-state index in [1.807, 2.05) is 13.8 Å². The highest BCUT2D eigenvalue weighted by Gasteiger charge is 2.49. The lowest BCUT2D eigenvalue weighted by molar-refractivity contribution is -0.151. The molecule has 0 unspecified atom stereocenters. The van der Waals surface area contributed by atoms with Crippen LogP contribution in [0, 0.1) is 0 Å². The van der Waals surface area contributed by atoms with Crippen molar-refractivity contribution in [2.75, 3.05) is 13.2 Å². The van der Waals surface area contributed by atoms with E-state index in [1.165, 1.54) is 0 Å². The normalized spacial score (nSPS) is 19.2. The maximum atomic E-state index is 12.7. The fourth-order valence-electron chi connectivity index (χ4n) is 2.89. The highest BCUT2D eigenvalue weighted by molar-refractivity contribution is 6.08. The number of carbonyl (C=O) groups is 4. The molecule has 8 heteroatoms. The molecule has 1 atom stereocenters. The molecule has 0 aliphatic carbocycles. The third-order valence-corrected chi connectivity index (χ3v) is 4.63. The van der Waals surface area contributed by atoms with Gasteiger partial charge in [0.05, 0.1) is 0 Å². The van der Waals surface area contributed by atoms with E-state index in [0.717, 1.165) is 17.7 Å². The molecule has 27 heavy (non-hydrogen) atoms. The van der Waals surface area contributed by atoms with Crippen molar-refractivity contribution in [3.05, 3.63) is 35.9 Å². The van der Waals surface area contributed by atoms with Gasteiger partial charge in [-0.15, -0.1) is 0 Å². The number of carbonyl (C=O) groups excluding carboxylic acids is 4. The van der Waals surface area contributed by atoms with E-state index in [2.05, 4.69) is 10.6 Å². The van der Waals surface area contributed by atoms with Crippen molar-refractivity contribution >= 4 is 23.8 Å². The first-order valence-corrected chi connectivity index (χ1v) is 8.96. The molecule has 0 saturated carbocycles. The van der Waals surface area contributed by atoms with Crippen molar-refractivity contribution in [3.8, 4) is 0 Å². The van der Waals surface area contributed by atoms with Gasteiger partial charge in [-0.1, -0.05) is 44.2 Å². The van der Waals surface area contributed by atoms with Crippen LogP contribution in [0.4, 0.5) is 4.79 Å². The molecule has 8 nitrogen and oxygen atoms in total. The Kier molecular flexibility index (Phi) is 6.55. The van der Waals surface area contributed by atoms with Crippen LogP contribution < -0.4 is 10.6 Å². The van der Waals surface area contributed by atoms with Crippen LogP contribution >= 0.6 is 0 Å². The number of nitrogens with one attached hydrogen (secondary N) is 2. The van der Waals surface area contributed by atoms with Gasteiger partial charge in [0.1, 0.15) is 12.1 Å². The summed E-state index contributed by atoms with van der Waals surface area (Å²) in [5, 5.41) is 5.35. The van der Waals surface area contributed by atoms with Crippen LogP contribution in [0.15, 0.2) is 30.3 Å². The van der Waals surface area contributed by atoms with Crippen LogP contribution in [0.5, 0.6) is 0 Å². The average molecular weight is 375 g/mol. The van der Waals surface area contributed by atoms with Crippen molar-refractivity contribution in [1.29, 1.82) is 0 Å². The summed E-state index contributed by atoms with van der Waals surface area (Å²) in [6.45, 7) is 4.47. The zero-order valence-electron chi connectivity index (χ0n) is 15.8. The number of amides is 4. The second kappa shape index (κ2) is 8.66. The molecule has 2 rings (SSSR count). The van der Waals surface area contributed by atoms with Gasteiger partial charge in [0, 0.05) is 6.04 Å². The second-order valence-corrected chi connectivity index (χ2v) is 6.55. The van der Waals surface area contributed by atoms with Crippen LogP contribution in [-0.2, 0) is 24.7 Å². The van der Waals surface area contributed by atoms with Crippen molar-refractivity contribution in [3.63, 3.8) is 0 Å². The number of esters is 1. The first-order chi connectivity index (χ1) is 12.8. The lowest BCUT2D eigenvalue weighted by Gasteiger charge is -2.22. The summed E-state index contributed by atoms with van der Waals surface area (Å²) in [6.07, 6.45) is 1.55. The van der Waals surface area contributed by atoms with Gasteiger partial charge in [0.25, 0.3) is 11.8 Å². The fourth-order valence-corrected chi connectivity index (χ4v) is 2.89. The molecule has 1 aliphatic heterocycles. The number of nitrogens with zero attached hydrogens (tertiary/aromatic N) is 1. The zero-order chi connectivity index (χ0) is 20.0. The Bertz CT molecular complexity index is 717. The highest BCUT2D eigenvalue weighted by atomic mass is 16.5. The highest BCUT2D eigenvalue weighted by Crippen LogP contribution is 2.28. The SMILES string of the molecule is CCC(CC)NC(=O)COC(=O)CN1C(=O)N[C@](C)(c2ccccc2)C1=O. The maximum absolute atomic E-state index is 12.7. The van der Waals surface area contributed by atoms with Crippen molar-refractivity contribution in [2.24, 2.45) is 0 Å². The lowest BCUT2D eigenvalue weighted by Crippen LogP contribution is -2.42. The van der Waals surface area contributed by atoms with Gasteiger partial charge in [-0.05, 0) is 25.3 Å². The van der Waals surface area contributed by atoms with Crippen molar-refractivity contribution in [1.82, 2.24) is 15.5 Å². The minimum absolute atomic E-state index is 0.0220. The van der Waals surface area contributed by atoms with Crippen molar-refractivity contribution < 1.29 is 23.9 Å². The Labute approximate surface area is 158 Å². The first kappa shape index (κ1) is 20.4. The van der Waals surface area contributed by atoms with Gasteiger partial charge in [0.2, 0.25) is 0 Å². The Hall–Kier alpha value is -2.90. The second-order valence-electron chi connectivity index (χ2n) is 6.55. The number of urea groups is 1. The predicted octanol–water partition coefficient (Wildman–Crippen LogP) is 1.30. The van der Waals surface area contributed by atoms with Crippen LogP contribution in [0.2, 0.25) is 0 Å². The molecule has 1 aromatic carbocycles. The smallest absolute Gasteiger partial charge is 0.326 e. The maximum Gasteiger partial charge on any atom is 0.326 e. The molecule has 1 heterocycles. The number of rotatable bonds is 8. The molecular formula is C19H25N3O5. The number of hydrogen-bond acceptors (Lipinski definition) is 5. The summed E-state index contributed by atoms with van der Waals surface area (Å²) < 4.78 is 4.90. The summed E-state index contributed by atoms with van der Waals surface area (Å²) >= 11 is 0. The minimum Gasteiger partial charge on any atom is -0.454 e. The minimum atomic E-state index is -1.24. The van der Waals surface area contributed by atoms with E-state index in [9.17, 15) is 19.2 Å². The standard InChI is InChI=1S/C19H25N3O5/c1-4-14(5-2)20-15(23)12-27-16(24)11-22-17(25)19(3,21-18(22)26)13-9-7-6-8-10-13/h6-10,14H,4-5,11-12H2,1-3H3,(H,20,23)(H,21,26)/t19-/m1/s1. The molecule has 0 bridgehead atoms. The molecule has 0 aromatic heterocycles. The number of ether oxygens (including phenoxy) is 1. The fraction of sp³-hybridized carbons (Fsp3) is 0.474.